The molecule has 3 N–H and O–H groups in total. The van der Waals surface area contributed by atoms with Crippen molar-refractivity contribution in [2.45, 2.75) is 18.1 Å². The molecular formula is C10H15N5S2. The Morgan fingerprint density at radius 2 is 2.41 bits per heavy atom. The third kappa shape index (κ3) is 5.01. The van der Waals surface area contributed by atoms with Gasteiger partial charge in [0, 0.05) is 18.3 Å². The summed E-state index contributed by atoms with van der Waals surface area (Å²) < 4.78 is 0. The van der Waals surface area contributed by atoms with Crippen LogP contribution in [0.5, 0.6) is 0 Å². The van der Waals surface area contributed by atoms with E-state index in [-0.39, 0.29) is 6.04 Å². The number of hydrazine groups is 1. The van der Waals surface area contributed by atoms with Crippen LogP contribution in [0.3, 0.4) is 0 Å². The van der Waals surface area contributed by atoms with E-state index in [0.29, 0.717) is 16.1 Å². The third-order valence-corrected chi connectivity index (χ3v) is 2.61. The summed E-state index contributed by atoms with van der Waals surface area (Å²) in [5.41, 5.74) is 5.73. The molecular weight excluding hydrogens is 254 g/mol. The van der Waals surface area contributed by atoms with Gasteiger partial charge in [-0.15, -0.1) is 6.58 Å². The Labute approximate surface area is 110 Å². The van der Waals surface area contributed by atoms with E-state index in [4.69, 9.17) is 12.2 Å². The smallest absolute Gasteiger partial charge is 0.189 e. The summed E-state index contributed by atoms with van der Waals surface area (Å²) in [5.74, 6) is 0.666. The highest BCUT2D eigenvalue weighted by Gasteiger charge is 2.00. The van der Waals surface area contributed by atoms with Gasteiger partial charge in [-0.1, -0.05) is 17.8 Å². The van der Waals surface area contributed by atoms with E-state index < -0.39 is 0 Å². The molecule has 1 atom stereocenters. The molecule has 92 valence electrons. The first kappa shape index (κ1) is 13.7. The van der Waals surface area contributed by atoms with E-state index in [1.54, 1.807) is 18.3 Å². The second-order valence-electron chi connectivity index (χ2n) is 3.18. The van der Waals surface area contributed by atoms with Crippen LogP contribution in [0.1, 0.15) is 6.92 Å². The minimum Gasteiger partial charge on any atom is -0.355 e. The van der Waals surface area contributed by atoms with E-state index in [1.165, 1.54) is 11.8 Å². The predicted octanol–water partition coefficient (Wildman–Crippen LogP) is 1.56. The molecule has 0 aliphatic carbocycles. The molecule has 0 aliphatic heterocycles. The van der Waals surface area contributed by atoms with Gasteiger partial charge in [0.05, 0.1) is 0 Å². The molecule has 7 heteroatoms. The van der Waals surface area contributed by atoms with Crippen LogP contribution in [0.15, 0.2) is 30.1 Å². The molecule has 17 heavy (non-hydrogen) atoms. The minimum atomic E-state index is 0.115. The fraction of sp³-hybridized carbons (Fsp3) is 0.300. The molecule has 1 rings (SSSR count). The second kappa shape index (κ2) is 7.08. The van der Waals surface area contributed by atoms with Crippen LogP contribution in [-0.2, 0) is 0 Å². The van der Waals surface area contributed by atoms with Gasteiger partial charge in [-0.3, -0.25) is 10.9 Å². The average Bonchev–Trinajstić information content (AvgIpc) is 2.36. The van der Waals surface area contributed by atoms with Crippen molar-refractivity contribution in [1.29, 1.82) is 0 Å². The number of rotatable bonds is 5. The summed E-state index contributed by atoms with van der Waals surface area (Å²) in [7, 11) is 0. The molecule has 1 heterocycles. The Morgan fingerprint density at radius 1 is 1.65 bits per heavy atom. The number of aromatic nitrogens is 2. The van der Waals surface area contributed by atoms with Crippen molar-refractivity contribution in [1.82, 2.24) is 20.7 Å². The summed E-state index contributed by atoms with van der Waals surface area (Å²) in [4.78, 5) is 8.30. The first-order valence-corrected chi connectivity index (χ1v) is 6.61. The van der Waals surface area contributed by atoms with Crippen molar-refractivity contribution in [2.24, 2.45) is 0 Å². The first-order chi connectivity index (χ1) is 8.15. The highest BCUT2D eigenvalue weighted by atomic mass is 32.2. The lowest BCUT2D eigenvalue weighted by Gasteiger charge is -2.14. The van der Waals surface area contributed by atoms with Crippen molar-refractivity contribution in [2.75, 3.05) is 11.7 Å². The molecule has 0 aliphatic rings. The van der Waals surface area contributed by atoms with Crippen LogP contribution in [0.4, 0.5) is 5.82 Å². The molecule has 1 aromatic heterocycles. The quantitative estimate of drug-likeness (QED) is 0.246. The van der Waals surface area contributed by atoms with Gasteiger partial charge >= 0.3 is 0 Å². The third-order valence-electron chi connectivity index (χ3n) is 1.83. The molecule has 5 nitrogen and oxygen atoms in total. The maximum absolute atomic E-state index is 5.08. The van der Waals surface area contributed by atoms with Gasteiger partial charge in [0.15, 0.2) is 10.3 Å². The van der Waals surface area contributed by atoms with Gasteiger partial charge in [-0.2, -0.15) is 0 Å². The van der Waals surface area contributed by atoms with E-state index in [1.807, 2.05) is 13.2 Å². The summed E-state index contributed by atoms with van der Waals surface area (Å²) in [6.07, 6.45) is 5.38. The van der Waals surface area contributed by atoms with Crippen molar-refractivity contribution in [3.63, 3.8) is 0 Å². The van der Waals surface area contributed by atoms with Crippen LogP contribution in [0, 0.1) is 0 Å². The highest BCUT2D eigenvalue weighted by Crippen LogP contribution is 2.09. The van der Waals surface area contributed by atoms with Crippen molar-refractivity contribution in [3.05, 3.63) is 24.9 Å². The molecule has 0 saturated heterocycles. The Morgan fingerprint density at radius 3 is 3.06 bits per heavy atom. The lowest BCUT2D eigenvalue weighted by molar-refractivity contribution is 0.791. The van der Waals surface area contributed by atoms with Crippen LogP contribution in [0.2, 0.25) is 0 Å². The Hall–Kier alpha value is -1.34. The fourth-order valence-corrected chi connectivity index (χ4v) is 1.52. The molecule has 0 unspecified atom stereocenters. The van der Waals surface area contributed by atoms with Crippen LogP contribution >= 0.6 is 24.0 Å². The maximum atomic E-state index is 5.08. The molecule has 0 spiro atoms. The molecule has 0 aromatic carbocycles. The van der Waals surface area contributed by atoms with E-state index >= 15 is 0 Å². The first-order valence-electron chi connectivity index (χ1n) is 4.98. The number of hydrogen-bond acceptors (Lipinski definition) is 5. The van der Waals surface area contributed by atoms with Crippen molar-refractivity contribution >= 4 is 34.9 Å². The largest absolute Gasteiger partial charge is 0.355 e. The molecule has 0 bridgehead atoms. The summed E-state index contributed by atoms with van der Waals surface area (Å²) in [6.45, 7) is 5.62. The normalized spacial score (nSPS) is 11.4. The van der Waals surface area contributed by atoms with Gasteiger partial charge in [-0.25, -0.2) is 9.97 Å². The molecule has 0 fully saturated rings. The SMILES string of the molecule is C=C[C@@H](C)NC(=S)NNc1ccnc(SC)n1. The molecule has 0 amide bonds. The van der Waals surface area contributed by atoms with Crippen LogP contribution < -0.4 is 16.2 Å². The Balaban J connectivity index is 2.44. The standard InChI is InChI=1S/C10H15N5S2/c1-4-7(2)12-9(16)15-14-8-5-6-11-10(13-8)17-3/h4-7H,1H2,2-3H3,(H,11,13,14)(H2,12,15,16)/t7-/m1/s1. The predicted molar refractivity (Wildman–Crippen MR) is 76.0 cm³/mol. The number of thioether (sulfide) groups is 1. The minimum absolute atomic E-state index is 0.115. The highest BCUT2D eigenvalue weighted by molar-refractivity contribution is 7.98. The fourth-order valence-electron chi connectivity index (χ4n) is 0.931. The maximum Gasteiger partial charge on any atom is 0.189 e. The lowest BCUT2D eigenvalue weighted by atomic mass is 10.3. The Bertz CT molecular complexity index is 396. The van der Waals surface area contributed by atoms with Crippen molar-refractivity contribution < 1.29 is 0 Å². The zero-order chi connectivity index (χ0) is 12.7. The monoisotopic (exact) mass is 269 g/mol. The van der Waals surface area contributed by atoms with Gasteiger partial charge in [0.1, 0.15) is 5.82 Å². The van der Waals surface area contributed by atoms with Gasteiger partial charge < -0.3 is 5.32 Å². The number of anilines is 1. The zero-order valence-electron chi connectivity index (χ0n) is 9.73. The summed E-state index contributed by atoms with van der Waals surface area (Å²) in [6, 6.07) is 1.87. The van der Waals surface area contributed by atoms with E-state index in [9.17, 15) is 0 Å². The molecule has 1 aromatic rings. The number of hydrogen-bond donors (Lipinski definition) is 3. The zero-order valence-corrected chi connectivity index (χ0v) is 11.4. The summed E-state index contributed by atoms with van der Waals surface area (Å²) in [5, 5.41) is 4.21. The van der Waals surface area contributed by atoms with Crippen LogP contribution in [0.25, 0.3) is 0 Å². The number of nitrogens with one attached hydrogen (secondary N) is 3. The van der Waals surface area contributed by atoms with Gasteiger partial charge in [-0.05, 0) is 25.4 Å². The van der Waals surface area contributed by atoms with E-state index in [0.717, 1.165) is 0 Å². The van der Waals surface area contributed by atoms with E-state index in [2.05, 4.69) is 32.7 Å². The second-order valence-corrected chi connectivity index (χ2v) is 4.36. The molecule has 0 radical (unpaired) electrons. The van der Waals surface area contributed by atoms with Gasteiger partial charge in [0.2, 0.25) is 0 Å². The number of thiocarbonyl (C=S) groups is 1. The van der Waals surface area contributed by atoms with Crippen molar-refractivity contribution in [3.8, 4) is 0 Å². The number of nitrogens with zero attached hydrogens (tertiary/aromatic N) is 2. The summed E-state index contributed by atoms with van der Waals surface area (Å²) >= 11 is 6.56. The molecule has 0 saturated carbocycles. The van der Waals surface area contributed by atoms with Gasteiger partial charge in [0.25, 0.3) is 0 Å². The average molecular weight is 269 g/mol. The topological polar surface area (TPSA) is 61.9 Å². The van der Waals surface area contributed by atoms with Crippen LogP contribution in [-0.4, -0.2) is 27.4 Å². The Kier molecular flexibility index (Phi) is 5.71. The lowest BCUT2D eigenvalue weighted by Crippen LogP contribution is -2.42.